The number of ether oxygens (including phenoxy) is 1. The lowest BCUT2D eigenvalue weighted by atomic mass is 9.98. The number of fused-ring (bicyclic) bond motifs is 3. The van der Waals surface area contributed by atoms with Crippen molar-refractivity contribution in [3.8, 4) is 11.1 Å². The van der Waals surface area contributed by atoms with Crippen molar-refractivity contribution < 1.29 is 24.2 Å². The van der Waals surface area contributed by atoms with Gasteiger partial charge in [0, 0.05) is 23.8 Å². The molecule has 1 aliphatic rings. The normalized spacial score (nSPS) is 12.9. The summed E-state index contributed by atoms with van der Waals surface area (Å²) in [6.07, 6.45) is -0.0253. The van der Waals surface area contributed by atoms with E-state index in [1.807, 2.05) is 31.2 Å². The number of nitrogens with one attached hydrogen (secondary N) is 2. The summed E-state index contributed by atoms with van der Waals surface area (Å²) >= 11 is 1.30. The van der Waals surface area contributed by atoms with Crippen molar-refractivity contribution >= 4 is 29.3 Å². The summed E-state index contributed by atoms with van der Waals surface area (Å²) < 4.78 is 5.58. The highest BCUT2D eigenvalue weighted by Crippen LogP contribution is 2.44. The molecular formula is C26H27N3O5S. The van der Waals surface area contributed by atoms with E-state index in [2.05, 4.69) is 39.9 Å². The summed E-state index contributed by atoms with van der Waals surface area (Å²) in [5.74, 6) is -1.21. The second-order valence-electron chi connectivity index (χ2n) is 8.36. The van der Waals surface area contributed by atoms with Gasteiger partial charge in [-0.3, -0.25) is 9.59 Å². The van der Waals surface area contributed by atoms with E-state index >= 15 is 0 Å². The second kappa shape index (κ2) is 11.1. The zero-order chi connectivity index (χ0) is 24.8. The van der Waals surface area contributed by atoms with Crippen LogP contribution in [-0.4, -0.2) is 40.7 Å². The molecule has 2 amide bonds. The lowest BCUT2D eigenvalue weighted by molar-refractivity contribution is -0.136. The molecule has 8 nitrogen and oxygen atoms in total. The number of carboxylic acids is 1. The minimum absolute atomic E-state index is 0.0270. The number of carbonyl (C=O) groups excluding carboxylic acids is 2. The van der Waals surface area contributed by atoms with Gasteiger partial charge < -0.3 is 20.5 Å². The van der Waals surface area contributed by atoms with Crippen LogP contribution in [0.15, 0.2) is 53.9 Å². The second-order valence-corrected chi connectivity index (χ2v) is 9.30. The maximum atomic E-state index is 12.5. The Bertz CT molecular complexity index is 1180. The first kappa shape index (κ1) is 24.4. The van der Waals surface area contributed by atoms with Crippen LogP contribution in [0.4, 0.5) is 4.79 Å². The molecule has 3 N–H and O–H groups in total. The Balaban J connectivity index is 1.26. The van der Waals surface area contributed by atoms with Crippen molar-refractivity contribution in [1.29, 1.82) is 0 Å². The van der Waals surface area contributed by atoms with Crippen LogP contribution >= 0.6 is 11.3 Å². The van der Waals surface area contributed by atoms with E-state index in [-0.39, 0.29) is 43.9 Å². The Kier molecular flexibility index (Phi) is 7.77. The minimum atomic E-state index is -0.948. The molecule has 1 aromatic heterocycles. The Morgan fingerprint density at radius 2 is 1.74 bits per heavy atom. The van der Waals surface area contributed by atoms with Crippen LogP contribution in [0.2, 0.25) is 0 Å². The lowest BCUT2D eigenvalue weighted by Gasteiger charge is -2.18. The lowest BCUT2D eigenvalue weighted by Crippen LogP contribution is -2.39. The Hall–Kier alpha value is -3.72. The molecule has 182 valence electrons. The van der Waals surface area contributed by atoms with Crippen molar-refractivity contribution in [2.45, 2.75) is 44.7 Å². The zero-order valence-electron chi connectivity index (χ0n) is 19.3. The van der Waals surface area contributed by atoms with Crippen LogP contribution in [0.25, 0.3) is 11.1 Å². The number of amides is 2. The fraction of sp³-hybridized carbons (Fsp3) is 0.308. The predicted molar refractivity (Wildman–Crippen MR) is 132 cm³/mol. The quantitative estimate of drug-likeness (QED) is 0.392. The van der Waals surface area contributed by atoms with Crippen molar-refractivity contribution in [3.05, 3.63) is 75.7 Å². The van der Waals surface area contributed by atoms with E-state index in [9.17, 15) is 14.4 Å². The molecular weight excluding hydrogens is 466 g/mol. The van der Waals surface area contributed by atoms with Gasteiger partial charge in [0.25, 0.3) is 0 Å². The maximum absolute atomic E-state index is 12.5. The summed E-state index contributed by atoms with van der Waals surface area (Å²) in [4.78, 5) is 39.9. The van der Waals surface area contributed by atoms with Gasteiger partial charge in [0.2, 0.25) is 5.91 Å². The molecule has 1 atom stereocenters. The zero-order valence-corrected chi connectivity index (χ0v) is 20.1. The monoisotopic (exact) mass is 493 g/mol. The van der Waals surface area contributed by atoms with E-state index in [4.69, 9.17) is 9.84 Å². The Labute approximate surface area is 207 Å². The molecule has 1 aliphatic carbocycles. The number of thiazole rings is 1. The molecule has 1 heterocycles. The van der Waals surface area contributed by atoms with Gasteiger partial charge in [0.05, 0.1) is 18.7 Å². The average molecular weight is 494 g/mol. The summed E-state index contributed by atoms with van der Waals surface area (Å²) in [6, 6.07) is 15.9. The van der Waals surface area contributed by atoms with Gasteiger partial charge in [0.1, 0.15) is 11.6 Å². The van der Waals surface area contributed by atoms with Crippen LogP contribution in [0, 0.1) is 0 Å². The van der Waals surface area contributed by atoms with Crippen molar-refractivity contribution in [2.75, 3.05) is 6.61 Å². The van der Waals surface area contributed by atoms with Crippen LogP contribution in [0.5, 0.6) is 0 Å². The molecule has 0 saturated carbocycles. The third-order valence-corrected chi connectivity index (χ3v) is 6.86. The molecule has 9 heteroatoms. The minimum Gasteiger partial charge on any atom is -0.481 e. The van der Waals surface area contributed by atoms with Gasteiger partial charge >= 0.3 is 12.1 Å². The van der Waals surface area contributed by atoms with E-state index in [1.54, 1.807) is 5.38 Å². The van der Waals surface area contributed by atoms with E-state index in [1.165, 1.54) is 11.3 Å². The number of hydrogen-bond donors (Lipinski definition) is 3. The molecule has 4 rings (SSSR count). The first-order chi connectivity index (χ1) is 16.9. The molecule has 0 radical (unpaired) electrons. The summed E-state index contributed by atoms with van der Waals surface area (Å²) in [7, 11) is 0. The van der Waals surface area contributed by atoms with Crippen LogP contribution in [0.1, 0.15) is 47.5 Å². The van der Waals surface area contributed by atoms with Gasteiger partial charge in [-0.15, -0.1) is 11.3 Å². The third-order valence-electron chi connectivity index (χ3n) is 5.96. The number of carboxylic acid groups (broad SMARTS) is 1. The maximum Gasteiger partial charge on any atom is 0.407 e. The van der Waals surface area contributed by atoms with Gasteiger partial charge in [-0.2, -0.15) is 0 Å². The smallest absolute Gasteiger partial charge is 0.407 e. The molecule has 1 unspecified atom stereocenters. The van der Waals surface area contributed by atoms with Gasteiger partial charge in [-0.25, -0.2) is 9.78 Å². The van der Waals surface area contributed by atoms with E-state index in [0.717, 1.165) is 22.3 Å². The summed E-state index contributed by atoms with van der Waals surface area (Å²) in [5, 5.41) is 16.7. The number of aromatic nitrogens is 1. The SMILES string of the molecule is CCC(CC(=O)NCc1nc(CC(=O)O)cs1)NC(=O)OCC1c2ccccc2-c2ccccc21. The molecule has 0 bridgehead atoms. The molecule has 3 aromatic rings. The summed E-state index contributed by atoms with van der Waals surface area (Å²) in [6.45, 7) is 2.32. The largest absolute Gasteiger partial charge is 0.481 e. The third kappa shape index (κ3) is 6.05. The Morgan fingerprint density at radius 3 is 2.37 bits per heavy atom. The standard InChI is InChI=1S/C26H27N3O5S/c1-2-16(11-23(30)27-13-24-28-17(15-35-24)12-25(31)32)29-26(33)34-14-22-20-9-5-3-7-18(20)19-8-4-6-10-21(19)22/h3-10,15-16,22H,2,11-14H2,1H3,(H,27,30)(H,29,33)(H,31,32). The Morgan fingerprint density at radius 1 is 1.09 bits per heavy atom. The fourth-order valence-corrected chi connectivity index (χ4v) is 4.97. The van der Waals surface area contributed by atoms with Gasteiger partial charge in [0.15, 0.2) is 0 Å². The van der Waals surface area contributed by atoms with Crippen molar-refractivity contribution in [3.63, 3.8) is 0 Å². The summed E-state index contributed by atoms with van der Waals surface area (Å²) in [5.41, 5.74) is 5.07. The van der Waals surface area contributed by atoms with E-state index in [0.29, 0.717) is 17.1 Å². The molecule has 0 saturated heterocycles. The average Bonchev–Trinajstić information content (AvgIpc) is 3.42. The van der Waals surface area contributed by atoms with Gasteiger partial charge in [-0.05, 0) is 28.7 Å². The van der Waals surface area contributed by atoms with Crippen LogP contribution < -0.4 is 10.6 Å². The van der Waals surface area contributed by atoms with Crippen LogP contribution in [-0.2, 0) is 27.3 Å². The fourth-order valence-electron chi connectivity index (χ4n) is 4.24. The molecule has 0 fully saturated rings. The highest BCUT2D eigenvalue weighted by molar-refractivity contribution is 7.09. The van der Waals surface area contributed by atoms with E-state index < -0.39 is 12.1 Å². The first-order valence-electron chi connectivity index (χ1n) is 11.5. The number of rotatable bonds is 10. The predicted octanol–water partition coefficient (Wildman–Crippen LogP) is 4.09. The number of carbonyl (C=O) groups is 3. The topological polar surface area (TPSA) is 118 Å². The number of hydrogen-bond acceptors (Lipinski definition) is 6. The number of benzene rings is 2. The van der Waals surface area contributed by atoms with Crippen molar-refractivity contribution in [1.82, 2.24) is 15.6 Å². The first-order valence-corrected chi connectivity index (χ1v) is 12.4. The number of nitrogens with zero attached hydrogens (tertiary/aromatic N) is 1. The molecule has 35 heavy (non-hydrogen) atoms. The molecule has 0 aliphatic heterocycles. The van der Waals surface area contributed by atoms with Crippen LogP contribution in [0.3, 0.4) is 0 Å². The van der Waals surface area contributed by atoms with Gasteiger partial charge in [-0.1, -0.05) is 55.5 Å². The number of aliphatic carboxylic acids is 1. The number of alkyl carbamates (subject to hydrolysis) is 1. The highest BCUT2D eigenvalue weighted by atomic mass is 32.1. The molecule has 2 aromatic carbocycles. The molecule has 0 spiro atoms. The van der Waals surface area contributed by atoms with Crippen molar-refractivity contribution in [2.24, 2.45) is 0 Å². The highest BCUT2D eigenvalue weighted by Gasteiger charge is 2.29.